The Morgan fingerprint density at radius 1 is 1.06 bits per heavy atom. The quantitative estimate of drug-likeness (QED) is 0.332. The van der Waals surface area contributed by atoms with E-state index in [-0.39, 0.29) is 17.1 Å². The summed E-state index contributed by atoms with van der Waals surface area (Å²) in [6, 6.07) is 0. The fraction of sp³-hybridized carbons (Fsp3) is 0.556. The summed E-state index contributed by atoms with van der Waals surface area (Å²) in [6.45, 7) is 1.83. The van der Waals surface area contributed by atoms with Crippen molar-refractivity contribution >= 4 is 46.6 Å². The van der Waals surface area contributed by atoms with Gasteiger partial charge in [-0.3, -0.25) is 0 Å². The molecule has 9 heteroatoms. The Morgan fingerprint density at radius 3 is 1.94 bits per heavy atom. The van der Waals surface area contributed by atoms with Crippen molar-refractivity contribution in [3.8, 4) is 0 Å². The standard InChI is InChI=1S/C9H18N6S2.Cu/c1-7(13-15(5)9(17)11-3)6-12-14(4)8(16)10-2;/h6H,1-5H3,(H,10,16)(H,11,17);. The average Bonchev–Trinajstić information content (AvgIpc) is 2.33. The molecule has 107 valence electrons. The van der Waals surface area contributed by atoms with E-state index in [1.807, 2.05) is 6.92 Å². The van der Waals surface area contributed by atoms with Crippen molar-refractivity contribution in [2.45, 2.75) is 6.92 Å². The van der Waals surface area contributed by atoms with Crippen LogP contribution in [0.4, 0.5) is 0 Å². The first-order valence-corrected chi connectivity index (χ1v) is 5.74. The summed E-state index contributed by atoms with van der Waals surface area (Å²) in [5.41, 5.74) is 0.718. The molecule has 0 atom stereocenters. The first kappa shape index (κ1) is 19.6. The van der Waals surface area contributed by atoms with Crippen LogP contribution in [0.25, 0.3) is 0 Å². The van der Waals surface area contributed by atoms with Gasteiger partial charge in [0.2, 0.25) is 0 Å². The largest absolute Gasteiger partial charge is 0.364 e. The van der Waals surface area contributed by atoms with Crippen molar-refractivity contribution in [1.29, 1.82) is 0 Å². The first-order valence-electron chi connectivity index (χ1n) is 4.92. The van der Waals surface area contributed by atoms with E-state index < -0.39 is 0 Å². The Balaban J connectivity index is 0. The van der Waals surface area contributed by atoms with E-state index in [2.05, 4.69) is 20.8 Å². The van der Waals surface area contributed by atoms with Crippen molar-refractivity contribution < 1.29 is 17.1 Å². The Morgan fingerprint density at radius 2 is 1.50 bits per heavy atom. The van der Waals surface area contributed by atoms with Gasteiger partial charge in [0.05, 0.1) is 11.9 Å². The molecule has 0 heterocycles. The molecule has 0 spiro atoms. The molecule has 0 amide bonds. The first-order chi connectivity index (χ1) is 7.92. The number of hydrazone groups is 2. The summed E-state index contributed by atoms with van der Waals surface area (Å²) in [7, 11) is 7.01. The van der Waals surface area contributed by atoms with Crippen LogP contribution in [0, 0.1) is 0 Å². The summed E-state index contributed by atoms with van der Waals surface area (Å²) < 4.78 is 0. The fourth-order valence-corrected chi connectivity index (χ4v) is 0.942. The van der Waals surface area contributed by atoms with Crippen molar-refractivity contribution in [3.63, 3.8) is 0 Å². The molecule has 0 aromatic rings. The summed E-state index contributed by atoms with van der Waals surface area (Å²) >= 11 is 10.0. The molecular formula is C9H18CuN6S2. The van der Waals surface area contributed by atoms with Gasteiger partial charge in [-0.2, -0.15) is 10.2 Å². The van der Waals surface area contributed by atoms with E-state index in [0.717, 1.165) is 5.71 Å². The second-order valence-corrected chi connectivity index (χ2v) is 3.92. The maximum Gasteiger partial charge on any atom is 0.189 e. The molecule has 0 saturated heterocycles. The fourth-order valence-electron chi connectivity index (χ4n) is 0.854. The monoisotopic (exact) mass is 337 g/mol. The second kappa shape index (κ2) is 10.2. The van der Waals surface area contributed by atoms with Gasteiger partial charge in [0.1, 0.15) is 0 Å². The van der Waals surface area contributed by atoms with Crippen LogP contribution in [0.1, 0.15) is 6.92 Å². The summed E-state index contributed by atoms with van der Waals surface area (Å²) in [4.78, 5) is 0. The number of thiocarbonyl (C=S) groups is 2. The molecule has 18 heavy (non-hydrogen) atoms. The molecular weight excluding hydrogens is 320 g/mol. The van der Waals surface area contributed by atoms with Crippen molar-refractivity contribution in [2.75, 3.05) is 28.2 Å². The van der Waals surface area contributed by atoms with E-state index in [1.54, 1.807) is 44.4 Å². The van der Waals surface area contributed by atoms with Crippen LogP contribution >= 0.6 is 24.4 Å². The molecule has 0 unspecified atom stereocenters. The van der Waals surface area contributed by atoms with Crippen LogP contribution in [-0.4, -0.2) is 60.4 Å². The van der Waals surface area contributed by atoms with E-state index in [4.69, 9.17) is 24.4 Å². The molecule has 0 aliphatic heterocycles. The van der Waals surface area contributed by atoms with Crippen LogP contribution in [0.2, 0.25) is 0 Å². The molecule has 0 fully saturated rings. The maximum atomic E-state index is 5.01. The Labute approximate surface area is 129 Å². The summed E-state index contributed by atoms with van der Waals surface area (Å²) in [5, 5.41) is 18.2. The molecule has 6 nitrogen and oxygen atoms in total. The summed E-state index contributed by atoms with van der Waals surface area (Å²) in [6.07, 6.45) is 1.61. The van der Waals surface area contributed by atoms with Crippen LogP contribution < -0.4 is 10.6 Å². The van der Waals surface area contributed by atoms with Gasteiger partial charge in [0.15, 0.2) is 10.2 Å². The third-order valence-electron chi connectivity index (χ3n) is 1.74. The zero-order valence-electron chi connectivity index (χ0n) is 11.0. The zero-order chi connectivity index (χ0) is 13.4. The van der Waals surface area contributed by atoms with Gasteiger partial charge in [-0.1, -0.05) is 0 Å². The van der Waals surface area contributed by atoms with Crippen molar-refractivity contribution in [1.82, 2.24) is 20.7 Å². The van der Waals surface area contributed by atoms with E-state index in [9.17, 15) is 0 Å². The molecule has 0 aromatic heterocycles. The Hall–Kier alpha value is -0.761. The van der Waals surface area contributed by atoms with Gasteiger partial charge in [0, 0.05) is 45.3 Å². The molecule has 2 N–H and O–H groups in total. The van der Waals surface area contributed by atoms with Crippen LogP contribution in [0.15, 0.2) is 10.2 Å². The zero-order valence-corrected chi connectivity index (χ0v) is 13.6. The molecule has 0 aliphatic carbocycles. The number of hydrogen-bond acceptors (Lipinski definition) is 4. The van der Waals surface area contributed by atoms with Gasteiger partial charge >= 0.3 is 0 Å². The normalized spacial score (nSPS) is 10.6. The number of nitrogens with one attached hydrogen (secondary N) is 2. The van der Waals surface area contributed by atoms with Crippen molar-refractivity contribution in [2.24, 2.45) is 10.2 Å². The SMILES string of the molecule is CNC(=S)N(C)N=CC(C)=NN(C)C(=S)NC.[Cu]. The van der Waals surface area contributed by atoms with Gasteiger partial charge in [0.25, 0.3) is 0 Å². The molecule has 0 rings (SSSR count). The van der Waals surface area contributed by atoms with Crippen LogP contribution in [-0.2, 0) is 17.1 Å². The predicted molar refractivity (Wildman–Crippen MR) is 80.4 cm³/mol. The van der Waals surface area contributed by atoms with Gasteiger partial charge < -0.3 is 10.6 Å². The van der Waals surface area contributed by atoms with Gasteiger partial charge in [-0.05, 0) is 31.4 Å². The third-order valence-corrected chi connectivity index (χ3v) is 2.68. The molecule has 1 radical (unpaired) electrons. The van der Waals surface area contributed by atoms with Gasteiger partial charge in [-0.25, -0.2) is 10.0 Å². The second-order valence-electron chi connectivity index (χ2n) is 3.14. The summed E-state index contributed by atoms with van der Waals surface area (Å²) in [5.74, 6) is 0. The maximum absolute atomic E-state index is 5.01. The average molecular weight is 338 g/mol. The Kier molecular flexibility index (Phi) is 11.1. The minimum absolute atomic E-state index is 0. The van der Waals surface area contributed by atoms with E-state index in [0.29, 0.717) is 10.2 Å². The van der Waals surface area contributed by atoms with E-state index >= 15 is 0 Å². The van der Waals surface area contributed by atoms with Crippen molar-refractivity contribution in [3.05, 3.63) is 0 Å². The third kappa shape index (κ3) is 7.54. The van der Waals surface area contributed by atoms with Gasteiger partial charge in [-0.15, -0.1) is 0 Å². The Bertz CT molecular complexity index is 344. The van der Waals surface area contributed by atoms with Crippen LogP contribution in [0.3, 0.4) is 0 Å². The molecule has 0 aromatic carbocycles. The minimum atomic E-state index is 0. The molecule has 0 bridgehead atoms. The smallest absolute Gasteiger partial charge is 0.189 e. The number of hydrogen-bond donors (Lipinski definition) is 2. The molecule has 0 saturated carbocycles. The van der Waals surface area contributed by atoms with E-state index in [1.165, 1.54) is 0 Å². The number of rotatable bonds is 3. The molecule has 0 aliphatic rings. The topological polar surface area (TPSA) is 55.3 Å². The number of nitrogens with zero attached hydrogens (tertiary/aromatic N) is 4. The minimum Gasteiger partial charge on any atom is -0.364 e. The predicted octanol–water partition coefficient (Wildman–Crippen LogP) is 0.218. The van der Waals surface area contributed by atoms with Crippen LogP contribution in [0.5, 0.6) is 0 Å².